The first-order valence-electron chi connectivity index (χ1n) is 8.88. The summed E-state index contributed by atoms with van der Waals surface area (Å²) in [5.41, 5.74) is 3.36. The van der Waals surface area contributed by atoms with Gasteiger partial charge in [-0.2, -0.15) is 0 Å². The predicted octanol–water partition coefficient (Wildman–Crippen LogP) is 3.56. The van der Waals surface area contributed by atoms with E-state index in [2.05, 4.69) is 76.2 Å². The minimum Gasteiger partial charge on any atom is -0.364 e. The molecule has 0 amide bonds. The number of benzene rings is 2. The molecular formula is C21H24N4O. The predicted molar refractivity (Wildman–Crippen MR) is 104 cm³/mol. The molecule has 0 aliphatic rings. The molecule has 3 rings (SSSR count). The van der Waals surface area contributed by atoms with Crippen LogP contribution in [0.1, 0.15) is 29.7 Å². The lowest BCUT2D eigenvalue weighted by molar-refractivity contribution is 0.412. The van der Waals surface area contributed by atoms with Gasteiger partial charge in [0.05, 0.1) is 6.54 Å². The maximum absolute atomic E-state index is 4.86. The fraction of sp³-hybridized carbons (Fsp3) is 0.238. The second-order valence-electron chi connectivity index (χ2n) is 5.94. The smallest absolute Gasteiger partial charge is 0.191 e. The van der Waals surface area contributed by atoms with Gasteiger partial charge in [0.15, 0.2) is 5.96 Å². The van der Waals surface area contributed by atoms with Crippen LogP contribution in [0.25, 0.3) is 0 Å². The summed E-state index contributed by atoms with van der Waals surface area (Å²) >= 11 is 0. The van der Waals surface area contributed by atoms with Crippen molar-refractivity contribution in [2.75, 3.05) is 13.1 Å². The molecule has 0 saturated heterocycles. The van der Waals surface area contributed by atoms with Crippen molar-refractivity contribution >= 4 is 5.96 Å². The standard InChI is InChI=1S/C21H24N4O/c1-2-22-21(23-15-19-13-14-26-25-19)24-16-20(17-9-5-3-6-10-17)18-11-7-4-8-12-18/h3-14,20H,2,15-16H2,1H3,(H2,22,23,24). The SMILES string of the molecule is CCNC(=NCc1ccon1)NCC(c1ccccc1)c1ccccc1. The lowest BCUT2D eigenvalue weighted by Gasteiger charge is -2.20. The summed E-state index contributed by atoms with van der Waals surface area (Å²) in [5.74, 6) is 1.01. The van der Waals surface area contributed by atoms with Crippen molar-refractivity contribution < 1.29 is 4.52 Å². The van der Waals surface area contributed by atoms with Gasteiger partial charge < -0.3 is 15.2 Å². The molecule has 1 aromatic heterocycles. The number of aliphatic imine (C=N–C) groups is 1. The van der Waals surface area contributed by atoms with Crippen molar-refractivity contribution in [3.05, 3.63) is 89.8 Å². The largest absolute Gasteiger partial charge is 0.364 e. The van der Waals surface area contributed by atoms with Gasteiger partial charge in [0.25, 0.3) is 0 Å². The minimum absolute atomic E-state index is 0.244. The van der Waals surface area contributed by atoms with Crippen LogP contribution in [-0.4, -0.2) is 24.2 Å². The quantitative estimate of drug-likeness (QED) is 0.506. The molecule has 0 spiro atoms. The van der Waals surface area contributed by atoms with Crippen LogP contribution >= 0.6 is 0 Å². The molecule has 0 saturated carbocycles. The van der Waals surface area contributed by atoms with Gasteiger partial charge in [-0.25, -0.2) is 4.99 Å². The third-order valence-electron chi connectivity index (χ3n) is 4.11. The van der Waals surface area contributed by atoms with E-state index in [1.165, 1.54) is 11.1 Å². The first-order valence-corrected chi connectivity index (χ1v) is 8.88. The van der Waals surface area contributed by atoms with E-state index >= 15 is 0 Å². The number of hydrogen-bond donors (Lipinski definition) is 2. The normalized spacial score (nSPS) is 11.5. The fourth-order valence-electron chi connectivity index (χ4n) is 2.82. The van der Waals surface area contributed by atoms with E-state index in [0.717, 1.165) is 24.7 Å². The molecule has 0 aliphatic carbocycles. The average Bonchev–Trinajstić information content (AvgIpc) is 3.21. The van der Waals surface area contributed by atoms with E-state index in [4.69, 9.17) is 4.52 Å². The van der Waals surface area contributed by atoms with Gasteiger partial charge in [-0.05, 0) is 18.1 Å². The molecule has 5 nitrogen and oxygen atoms in total. The third-order valence-corrected chi connectivity index (χ3v) is 4.11. The Hall–Kier alpha value is -3.08. The number of aromatic nitrogens is 1. The van der Waals surface area contributed by atoms with Gasteiger partial charge in [0, 0.05) is 25.1 Å². The van der Waals surface area contributed by atoms with E-state index in [1.807, 2.05) is 18.2 Å². The Morgan fingerprint density at radius 2 is 1.62 bits per heavy atom. The molecule has 134 valence electrons. The van der Waals surface area contributed by atoms with E-state index in [0.29, 0.717) is 6.54 Å². The van der Waals surface area contributed by atoms with Crippen molar-refractivity contribution in [1.82, 2.24) is 15.8 Å². The van der Waals surface area contributed by atoms with Crippen molar-refractivity contribution in [3.8, 4) is 0 Å². The first kappa shape index (κ1) is 17.7. The molecular weight excluding hydrogens is 324 g/mol. The number of hydrogen-bond acceptors (Lipinski definition) is 3. The zero-order valence-electron chi connectivity index (χ0n) is 14.9. The average molecular weight is 348 g/mol. The zero-order chi connectivity index (χ0) is 18.0. The van der Waals surface area contributed by atoms with Crippen LogP contribution in [0.5, 0.6) is 0 Å². The number of rotatable bonds is 7. The molecule has 3 aromatic rings. The molecule has 0 atom stereocenters. The lowest BCUT2D eigenvalue weighted by Crippen LogP contribution is -2.39. The summed E-state index contributed by atoms with van der Waals surface area (Å²) in [4.78, 5) is 4.59. The molecule has 0 unspecified atom stereocenters. The van der Waals surface area contributed by atoms with E-state index in [-0.39, 0.29) is 5.92 Å². The maximum atomic E-state index is 4.86. The van der Waals surface area contributed by atoms with Gasteiger partial charge in [-0.15, -0.1) is 0 Å². The highest BCUT2D eigenvalue weighted by molar-refractivity contribution is 5.79. The summed E-state index contributed by atoms with van der Waals surface area (Å²) in [6.07, 6.45) is 1.56. The van der Waals surface area contributed by atoms with Crippen molar-refractivity contribution in [2.45, 2.75) is 19.4 Å². The van der Waals surface area contributed by atoms with Crippen LogP contribution in [0.4, 0.5) is 0 Å². The van der Waals surface area contributed by atoms with Gasteiger partial charge in [0.1, 0.15) is 12.0 Å². The minimum atomic E-state index is 0.244. The lowest BCUT2D eigenvalue weighted by atomic mass is 9.91. The number of nitrogens with zero attached hydrogens (tertiary/aromatic N) is 2. The van der Waals surface area contributed by atoms with Crippen LogP contribution in [0.15, 0.2) is 82.5 Å². The summed E-state index contributed by atoms with van der Waals surface area (Å²) in [5, 5.41) is 10.6. The van der Waals surface area contributed by atoms with Crippen molar-refractivity contribution in [2.24, 2.45) is 4.99 Å². The summed E-state index contributed by atoms with van der Waals surface area (Å²) < 4.78 is 4.86. The summed E-state index contributed by atoms with van der Waals surface area (Å²) in [6.45, 7) is 4.08. The fourth-order valence-corrected chi connectivity index (χ4v) is 2.82. The van der Waals surface area contributed by atoms with Gasteiger partial charge >= 0.3 is 0 Å². The van der Waals surface area contributed by atoms with E-state index < -0.39 is 0 Å². The van der Waals surface area contributed by atoms with Gasteiger partial charge in [-0.3, -0.25) is 0 Å². The Kier molecular flexibility index (Phi) is 6.42. The van der Waals surface area contributed by atoms with E-state index in [9.17, 15) is 0 Å². The maximum Gasteiger partial charge on any atom is 0.191 e. The summed E-state index contributed by atoms with van der Waals surface area (Å²) in [7, 11) is 0. The highest BCUT2D eigenvalue weighted by atomic mass is 16.5. The molecule has 2 N–H and O–H groups in total. The topological polar surface area (TPSA) is 62.5 Å². The molecule has 0 fully saturated rings. The second kappa shape index (κ2) is 9.42. The molecule has 0 bridgehead atoms. The van der Waals surface area contributed by atoms with Crippen LogP contribution in [-0.2, 0) is 6.54 Å². The van der Waals surface area contributed by atoms with Gasteiger partial charge in [0.2, 0.25) is 0 Å². The van der Waals surface area contributed by atoms with Crippen molar-refractivity contribution in [1.29, 1.82) is 0 Å². The number of guanidine groups is 1. The van der Waals surface area contributed by atoms with Crippen LogP contribution in [0, 0.1) is 0 Å². The van der Waals surface area contributed by atoms with Crippen LogP contribution < -0.4 is 10.6 Å². The third kappa shape index (κ3) is 4.96. The first-order chi connectivity index (χ1) is 12.9. The highest BCUT2D eigenvalue weighted by Gasteiger charge is 2.14. The van der Waals surface area contributed by atoms with Crippen LogP contribution in [0.2, 0.25) is 0 Å². The Morgan fingerprint density at radius 3 is 2.15 bits per heavy atom. The molecule has 2 aromatic carbocycles. The monoisotopic (exact) mass is 348 g/mol. The number of nitrogens with one attached hydrogen (secondary N) is 2. The zero-order valence-corrected chi connectivity index (χ0v) is 14.9. The highest BCUT2D eigenvalue weighted by Crippen LogP contribution is 2.23. The van der Waals surface area contributed by atoms with Crippen LogP contribution in [0.3, 0.4) is 0 Å². The molecule has 0 aliphatic heterocycles. The Labute approximate surface area is 154 Å². The Balaban J connectivity index is 1.74. The molecule has 5 heteroatoms. The molecule has 0 radical (unpaired) electrons. The Morgan fingerprint density at radius 1 is 0.962 bits per heavy atom. The van der Waals surface area contributed by atoms with Crippen molar-refractivity contribution in [3.63, 3.8) is 0 Å². The molecule has 26 heavy (non-hydrogen) atoms. The van der Waals surface area contributed by atoms with Gasteiger partial charge in [-0.1, -0.05) is 65.8 Å². The summed E-state index contributed by atoms with van der Waals surface area (Å²) in [6, 6.07) is 22.9. The molecule has 1 heterocycles. The second-order valence-corrected chi connectivity index (χ2v) is 5.94. The van der Waals surface area contributed by atoms with E-state index in [1.54, 1.807) is 6.26 Å². The Bertz CT molecular complexity index is 746.